The highest BCUT2D eigenvalue weighted by Crippen LogP contribution is 2.39. The minimum absolute atomic E-state index is 0.0228. The molecule has 3 aromatic rings. The Hall–Kier alpha value is -3.11. The van der Waals surface area contributed by atoms with Crippen LogP contribution >= 0.6 is 11.6 Å². The number of benzene rings is 3. The number of halogens is 2. The summed E-state index contributed by atoms with van der Waals surface area (Å²) in [4.78, 5) is 12.7. The van der Waals surface area contributed by atoms with E-state index >= 15 is 0 Å². The van der Waals surface area contributed by atoms with Gasteiger partial charge in [-0.15, -0.1) is 0 Å². The fourth-order valence-corrected chi connectivity index (χ4v) is 3.45. The monoisotopic (exact) mass is 408 g/mol. The number of ketones is 1. The maximum absolute atomic E-state index is 14.0. The molecule has 1 heterocycles. The number of rotatable bonds is 4. The Morgan fingerprint density at radius 2 is 1.86 bits per heavy atom. The Balaban J connectivity index is 1.61. The van der Waals surface area contributed by atoms with Gasteiger partial charge in [0.1, 0.15) is 23.9 Å². The summed E-state index contributed by atoms with van der Waals surface area (Å²) >= 11 is 6.06. The highest BCUT2D eigenvalue weighted by Gasteiger charge is 2.30. The molecule has 0 bridgehead atoms. The predicted molar refractivity (Wildman–Crippen MR) is 111 cm³/mol. The molecule has 146 valence electrons. The summed E-state index contributed by atoms with van der Waals surface area (Å²) in [6.07, 6.45) is 1.75. The molecule has 0 aliphatic carbocycles. The van der Waals surface area contributed by atoms with Crippen molar-refractivity contribution in [2.45, 2.75) is 20.5 Å². The number of hydrogen-bond donors (Lipinski definition) is 0. The van der Waals surface area contributed by atoms with Gasteiger partial charge in [0.25, 0.3) is 0 Å². The molecule has 1 aliphatic heterocycles. The first-order valence-corrected chi connectivity index (χ1v) is 9.52. The zero-order chi connectivity index (χ0) is 20.5. The van der Waals surface area contributed by atoms with E-state index in [1.54, 1.807) is 37.3 Å². The SMILES string of the molecule is Cc1ccccc1/C=C1\Oc2c(ccc(OCc3c(F)cccc3Cl)c2C)C1=O. The molecular formula is C24H18ClFO3. The fourth-order valence-electron chi connectivity index (χ4n) is 3.23. The number of ether oxygens (including phenoxy) is 2. The molecule has 4 rings (SSSR count). The smallest absolute Gasteiger partial charge is 0.231 e. The third-order valence-corrected chi connectivity index (χ3v) is 5.30. The standard InChI is InChI=1S/C24H18ClFO3/c1-14-6-3-4-7-16(14)12-22-23(27)17-10-11-21(15(2)24(17)29-22)28-13-18-19(25)8-5-9-20(18)26/h3-12H,13H2,1-2H3/b22-12-. The minimum atomic E-state index is -0.425. The normalized spacial score (nSPS) is 14.1. The maximum atomic E-state index is 14.0. The first-order valence-electron chi connectivity index (χ1n) is 9.15. The number of allylic oxidation sites excluding steroid dienone is 1. The van der Waals surface area contributed by atoms with Gasteiger partial charge in [0.15, 0.2) is 5.76 Å². The molecule has 0 aromatic heterocycles. The first kappa shape index (κ1) is 19.2. The number of carbonyl (C=O) groups excluding carboxylic acids is 1. The lowest BCUT2D eigenvalue weighted by Crippen LogP contribution is -2.01. The third kappa shape index (κ3) is 3.64. The van der Waals surface area contributed by atoms with Crippen molar-refractivity contribution in [2.24, 2.45) is 0 Å². The molecular weight excluding hydrogens is 391 g/mol. The average Bonchev–Trinajstić information content (AvgIpc) is 3.01. The number of aryl methyl sites for hydroxylation is 1. The molecule has 3 nitrogen and oxygen atoms in total. The Kier molecular flexibility index (Phi) is 5.12. The molecule has 0 radical (unpaired) electrons. The molecule has 0 saturated carbocycles. The van der Waals surface area contributed by atoms with Crippen LogP contribution in [0.5, 0.6) is 11.5 Å². The van der Waals surface area contributed by atoms with Gasteiger partial charge >= 0.3 is 0 Å². The van der Waals surface area contributed by atoms with E-state index in [4.69, 9.17) is 21.1 Å². The van der Waals surface area contributed by atoms with Gasteiger partial charge in [-0.2, -0.15) is 0 Å². The van der Waals surface area contributed by atoms with Crippen LogP contribution in [0, 0.1) is 19.7 Å². The van der Waals surface area contributed by atoms with Crippen LogP contribution in [-0.4, -0.2) is 5.78 Å². The molecule has 3 aromatic carbocycles. The maximum Gasteiger partial charge on any atom is 0.231 e. The van der Waals surface area contributed by atoms with E-state index in [1.807, 2.05) is 31.2 Å². The van der Waals surface area contributed by atoms with Crippen LogP contribution in [0.2, 0.25) is 5.02 Å². The van der Waals surface area contributed by atoms with Gasteiger partial charge in [-0.05, 0) is 55.3 Å². The summed E-state index contributed by atoms with van der Waals surface area (Å²) in [5.74, 6) is 0.646. The van der Waals surface area contributed by atoms with Gasteiger partial charge in [-0.25, -0.2) is 4.39 Å². The first-order chi connectivity index (χ1) is 14.0. The van der Waals surface area contributed by atoms with E-state index in [-0.39, 0.29) is 23.7 Å². The summed E-state index contributed by atoms with van der Waals surface area (Å²) in [7, 11) is 0. The second-order valence-electron chi connectivity index (χ2n) is 6.85. The van der Waals surface area contributed by atoms with E-state index < -0.39 is 5.82 Å². The predicted octanol–water partition coefficient (Wildman–Crippen LogP) is 6.29. The van der Waals surface area contributed by atoms with Gasteiger partial charge in [-0.3, -0.25) is 4.79 Å². The summed E-state index contributed by atoms with van der Waals surface area (Å²) in [5, 5.41) is 0.304. The third-order valence-electron chi connectivity index (χ3n) is 4.95. The van der Waals surface area contributed by atoms with Crippen molar-refractivity contribution in [3.05, 3.63) is 99.0 Å². The largest absolute Gasteiger partial charge is 0.488 e. The second-order valence-corrected chi connectivity index (χ2v) is 7.26. The fraction of sp³-hybridized carbons (Fsp3) is 0.125. The highest BCUT2D eigenvalue weighted by atomic mass is 35.5. The van der Waals surface area contributed by atoms with Gasteiger partial charge in [0, 0.05) is 11.1 Å². The Morgan fingerprint density at radius 1 is 1.07 bits per heavy atom. The van der Waals surface area contributed by atoms with Crippen LogP contribution in [0.1, 0.15) is 32.6 Å². The summed E-state index contributed by atoms with van der Waals surface area (Å²) in [5.41, 5.74) is 3.42. The zero-order valence-corrected chi connectivity index (χ0v) is 16.7. The van der Waals surface area contributed by atoms with Crippen LogP contribution in [0.25, 0.3) is 6.08 Å². The van der Waals surface area contributed by atoms with Crippen LogP contribution in [0.4, 0.5) is 4.39 Å². The summed E-state index contributed by atoms with van der Waals surface area (Å²) < 4.78 is 25.6. The molecule has 0 spiro atoms. The van der Waals surface area contributed by atoms with E-state index in [0.29, 0.717) is 27.6 Å². The molecule has 5 heteroatoms. The second kappa shape index (κ2) is 7.72. The Bertz CT molecular complexity index is 1130. The van der Waals surface area contributed by atoms with E-state index in [2.05, 4.69) is 0 Å². The van der Waals surface area contributed by atoms with Crippen LogP contribution in [-0.2, 0) is 6.61 Å². The zero-order valence-electron chi connectivity index (χ0n) is 16.0. The van der Waals surface area contributed by atoms with Crippen molar-refractivity contribution >= 4 is 23.5 Å². The quantitative estimate of drug-likeness (QED) is 0.476. The summed E-state index contributed by atoms with van der Waals surface area (Å²) in [6.45, 7) is 3.76. The lowest BCUT2D eigenvalue weighted by atomic mass is 10.0. The van der Waals surface area contributed by atoms with Gasteiger partial charge in [-0.1, -0.05) is 41.9 Å². The molecule has 1 aliphatic rings. The molecule has 0 fully saturated rings. The number of carbonyl (C=O) groups is 1. The van der Waals surface area contributed by atoms with Crippen molar-refractivity contribution < 1.29 is 18.7 Å². The minimum Gasteiger partial charge on any atom is -0.488 e. The van der Waals surface area contributed by atoms with Crippen molar-refractivity contribution in [2.75, 3.05) is 0 Å². The number of fused-ring (bicyclic) bond motifs is 1. The van der Waals surface area contributed by atoms with E-state index in [1.165, 1.54) is 6.07 Å². The van der Waals surface area contributed by atoms with Crippen molar-refractivity contribution in [1.29, 1.82) is 0 Å². The van der Waals surface area contributed by atoms with Crippen molar-refractivity contribution in [3.8, 4) is 11.5 Å². The lowest BCUT2D eigenvalue weighted by Gasteiger charge is -2.12. The molecule has 0 unspecified atom stereocenters. The summed E-state index contributed by atoms with van der Waals surface area (Å²) in [6, 6.07) is 15.6. The molecule has 0 N–H and O–H groups in total. The van der Waals surface area contributed by atoms with Crippen LogP contribution in [0.3, 0.4) is 0 Å². The van der Waals surface area contributed by atoms with Crippen molar-refractivity contribution in [3.63, 3.8) is 0 Å². The Morgan fingerprint density at radius 3 is 2.62 bits per heavy atom. The molecule has 0 saturated heterocycles. The van der Waals surface area contributed by atoms with Crippen LogP contribution in [0.15, 0.2) is 60.4 Å². The molecule has 0 amide bonds. The van der Waals surface area contributed by atoms with E-state index in [9.17, 15) is 9.18 Å². The van der Waals surface area contributed by atoms with Gasteiger partial charge < -0.3 is 9.47 Å². The van der Waals surface area contributed by atoms with Gasteiger partial charge in [0.2, 0.25) is 5.78 Å². The van der Waals surface area contributed by atoms with Gasteiger partial charge in [0.05, 0.1) is 10.6 Å². The topological polar surface area (TPSA) is 35.5 Å². The van der Waals surface area contributed by atoms with Crippen LogP contribution < -0.4 is 9.47 Å². The number of hydrogen-bond acceptors (Lipinski definition) is 3. The van der Waals surface area contributed by atoms with E-state index in [0.717, 1.165) is 11.1 Å². The average molecular weight is 409 g/mol. The number of Topliss-reactive ketones (excluding diaryl/α,β-unsaturated/α-hetero) is 1. The Labute approximate surface area is 173 Å². The lowest BCUT2D eigenvalue weighted by molar-refractivity contribution is 0.101. The molecule has 0 atom stereocenters. The highest BCUT2D eigenvalue weighted by molar-refractivity contribution is 6.31. The molecule has 29 heavy (non-hydrogen) atoms. The van der Waals surface area contributed by atoms with Crippen molar-refractivity contribution in [1.82, 2.24) is 0 Å².